The Bertz CT molecular complexity index is 516. The first kappa shape index (κ1) is 15.5. The van der Waals surface area contributed by atoms with Crippen LogP contribution < -0.4 is 0 Å². The third-order valence-corrected chi connectivity index (χ3v) is 8.19. The lowest BCUT2D eigenvalue weighted by atomic mass is 9.69. The minimum absolute atomic E-state index is 0.119. The number of esters is 1. The van der Waals surface area contributed by atoms with Crippen LogP contribution in [0.3, 0.4) is 0 Å². The smallest absolute Gasteiger partial charge is 0.306 e. The Hall–Kier alpha value is -0.790. The van der Waals surface area contributed by atoms with Gasteiger partial charge in [-0.15, -0.1) is 0 Å². The predicted octanol–water partition coefficient (Wildman–Crippen LogP) is 5.13. The fourth-order valence-electron chi connectivity index (χ4n) is 7.37. The maximum atomic E-state index is 12.6. The first-order chi connectivity index (χ1) is 11.8. The molecule has 0 heterocycles. The van der Waals surface area contributed by atoms with E-state index < -0.39 is 0 Å². The maximum Gasteiger partial charge on any atom is 0.306 e. The van der Waals surface area contributed by atoms with Crippen LogP contribution in [0.5, 0.6) is 0 Å². The highest BCUT2D eigenvalue weighted by molar-refractivity contribution is 5.70. The number of allylic oxidation sites excluding steroid dienone is 2. The third kappa shape index (κ3) is 2.56. The van der Waals surface area contributed by atoms with Crippen molar-refractivity contribution in [2.45, 2.75) is 76.7 Å². The Kier molecular flexibility index (Phi) is 3.98. The van der Waals surface area contributed by atoms with Gasteiger partial charge in [0.1, 0.15) is 6.10 Å². The normalized spacial score (nSPS) is 46.8. The third-order valence-electron chi connectivity index (χ3n) is 8.19. The first-order valence-corrected chi connectivity index (χ1v) is 10.7. The van der Waals surface area contributed by atoms with Gasteiger partial charge in [0.15, 0.2) is 0 Å². The van der Waals surface area contributed by atoms with Gasteiger partial charge < -0.3 is 4.74 Å². The van der Waals surface area contributed by atoms with Crippen molar-refractivity contribution in [2.24, 2.45) is 41.4 Å². The van der Waals surface area contributed by atoms with E-state index in [2.05, 4.69) is 12.2 Å². The molecule has 4 bridgehead atoms. The van der Waals surface area contributed by atoms with Crippen LogP contribution in [-0.2, 0) is 9.53 Å². The highest BCUT2D eigenvalue weighted by Gasteiger charge is 2.60. The Morgan fingerprint density at radius 1 is 0.875 bits per heavy atom. The van der Waals surface area contributed by atoms with Gasteiger partial charge in [0.25, 0.3) is 0 Å². The Morgan fingerprint density at radius 3 is 2.38 bits per heavy atom. The van der Waals surface area contributed by atoms with Crippen LogP contribution in [0.25, 0.3) is 0 Å². The van der Waals surface area contributed by atoms with Crippen LogP contribution in [0.1, 0.15) is 70.6 Å². The molecule has 0 radical (unpaired) electrons. The van der Waals surface area contributed by atoms with Crippen LogP contribution in [0, 0.1) is 41.4 Å². The summed E-state index contributed by atoms with van der Waals surface area (Å²) in [6.07, 6.45) is 18.7. The van der Waals surface area contributed by atoms with Crippen molar-refractivity contribution < 1.29 is 9.53 Å². The number of rotatable bonds is 3. The van der Waals surface area contributed by atoms with Crippen molar-refractivity contribution in [1.82, 2.24) is 0 Å². The van der Waals surface area contributed by atoms with E-state index in [1.807, 2.05) is 0 Å². The van der Waals surface area contributed by atoms with E-state index in [0.717, 1.165) is 48.3 Å². The second kappa shape index (κ2) is 6.18. The lowest BCUT2D eigenvalue weighted by Gasteiger charge is -2.36. The summed E-state index contributed by atoms with van der Waals surface area (Å²) in [6, 6.07) is 0. The van der Waals surface area contributed by atoms with Crippen molar-refractivity contribution >= 4 is 5.97 Å². The van der Waals surface area contributed by atoms with Gasteiger partial charge in [-0.25, -0.2) is 0 Å². The number of carbonyl (C=O) groups excluding carboxylic acids is 1. The van der Waals surface area contributed by atoms with E-state index >= 15 is 0 Å². The van der Waals surface area contributed by atoms with Gasteiger partial charge >= 0.3 is 5.97 Å². The molecule has 4 saturated carbocycles. The lowest BCUT2D eigenvalue weighted by Crippen LogP contribution is -2.32. The fourth-order valence-corrected chi connectivity index (χ4v) is 7.37. The van der Waals surface area contributed by atoms with Crippen LogP contribution in [0.2, 0.25) is 0 Å². The molecule has 2 nitrogen and oxygen atoms in total. The molecule has 0 aromatic heterocycles. The van der Waals surface area contributed by atoms with Crippen molar-refractivity contribution in [3.63, 3.8) is 0 Å². The molecule has 0 amide bonds. The van der Waals surface area contributed by atoms with Gasteiger partial charge in [-0.05, 0) is 86.4 Å². The molecule has 132 valence electrons. The number of hydrogen-bond donors (Lipinski definition) is 0. The Labute approximate surface area is 146 Å². The first-order valence-electron chi connectivity index (χ1n) is 10.7. The van der Waals surface area contributed by atoms with Gasteiger partial charge in [-0.3, -0.25) is 4.79 Å². The van der Waals surface area contributed by atoms with Crippen LogP contribution in [0.4, 0.5) is 0 Å². The molecule has 0 spiro atoms. The van der Waals surface area contributed by atoms with E-state index in [0.29, 0.717) is 12.3 Å². The van der Waals surface area contributed by atoms with Gasteiger partial charge in [0.2, 0.25) is 0 Å². The predicted molar refractivity (Wildman–Crippen MR) is 94.2 cm³/mol. The number of carbonyl (C=O) groups is 1. The van der Waals surface area contributed by atoms with Gasteiger partial charge in [-0.2, -0.15) is 0 Å². The number of ether oxygens (including phenoxy) is 1. The summed E-state index contributed by atoms with van der Waals surface area (Å²) in [6.45, 7) is 0. The monoisotopic (exact) mass is 328 g/mol. The van der Waals surface area contributed by atoms with E-state index in [4.69, 9.17) is 4.74 Å². The molecular formula is C22H32O2. The molecule has 0 aromatic carbocycles. The van der Waals surface area contributed by atoms with Crippen molar-refractivity contribution in [2.75, 3.05) is 0 Å². The Balaban J connectivity index is 1.17. The van der Waals surface area contributed by atoms with Crippen LogP contribution in [-0.4, -0.2) is 12.1 Å². The SMILES string of the molecule is O=C(CC1CC2CC1C1C3C=CC(C3)C21)OC1CCCCCCC1. The summed E-state index contributed by atoms with van der Waals surface area (Å²) >= 11 is 0. The number of hydrogen-bond acceptors (Lipinski definition) is 2. The fraction of sp³-hybridized carbons (Fsp3) is 0.864. The highest BCUT2D eigenvalue weighted by Crippen LogP contribution is 2.67. The molecule has 0 N–H and O–H groups in total. The molecule has 5 aliphatic rings. The van der Waals surface area contributed by atoms with Crippen LogP contribution >= 0.6 is 0 Å². The summed E-state index contributed by atoms with van der Waals surface area (Å²) in [7, 11) is 0. The topological polar surface area (TPSA) is 26.3 Å². The average molecular weight is 328 g/mol. The quantitative estimate of drug-likeness (QED) is 0.408. The zero-order valence-electron chi connectivity index (χ0n) is 14.9. The standard InChI is InChI=1S/C22H32O2/c23-20(24-18-6-4-2-1-3-5-7-18)13-16-11-17-12-19(16)22-15-9-8-14(10-15)21(17)22/h8-9,14-19,21-22H,1-7,10-13H2. The summed E-state index contributed by atoms with van der Waals surface area (Å²) in [5.74, 6) is 6.11. The summed E-state index contributed by atoms with van der Waals surface area (Å²) in [5, 5.41) is 0. The summed E-state index contributed by atoms with van der Waals surface area (Å²) in [4.78, 5) is 12.6. The van der Waals surface area contributed by atoms with Crippen molar-refractivity contribution in [3.8, 4) is 0 Å². The Morgan fingerprint density at radius 2 is 1.58 bits per heavy atom. The van der Waals surface area contributed by atoms with E-state index in [1.54, 1.807) is 0 Å². The van der Waals surface area contributed by atoms with Crippen molar-refractivity contribution in [1.29, 1.82) is 0 Å². The minimum atomic E-state index is 0.119. The van der Waals surface area contributed by atoms with Crippen molar-refractivity contribution in [3.05, 3.63) is 12.2 Å². The average Bonchev–Trinajstić information content (AvgIpc) is 3.27. The molecule has 0 aromatic rings. The molecule has 4 fully saturated rings. The second-order valence-electron chi connectivity index (χ2n) is 9.42. The molecule has 5 aliphatic carbocycles. The lowest BCUT2D eigenvalue weighted by molar-refractivity contribution is -0.152. The van der Waals surface area contributed by atoms with Crippen LogP contribution in [0.15, 0.2) is 12.2 Å². The zero-order valence-corrected chi connectivity index (χ0v) is 14.9. The molecule has 0 saturated heterocycles. The molecule has 24 heavy (non-hydrogen) atoms. The molecule has 2 heteroatoms. The molecular weight excluding hydrogens is 296 g/mol. The van der Waals surface area contributed by atoms with Gasteiger partial charge in [0, 0.05) is 6.42 Å². The van der Waals surface area contributed by atoms with Gasteiger partial charge in [0.05, 0.1) is 0 Å². The molecule has 7 unspecified atom stereocenters. The molecule has 7 atom stereocenters. The van der Waals surface area contributed by atoms with E-state index in [-0.39, 0.29) is 12.1 Å². The van der Waals surface area contributed by atoms with Gasteiger partial charge in [-0.1, -0.05) is 31.4 Å². The summed E-state index contributed by atoms with van der Waals surface area (Å²) in [5.41, 5.74) is 0. The second-order valence-corrected chi connectivity index (χ2v) is 9.42. The minimum Gasteiger partial charge on any atom is -0.462 e. The zero-order chi connectivity index (χ0) is 16.1. The molecule has 0 aliphatic heterocycles. The highest BCUT2D eigenvalue weighted by atomic mass is 16.5. The largest absolute Gasteiger partial charge is 0.462 e. The molecule has 5 rings (SSSR count). The number of fused-ring (bicyclic) bond motifs is 9. The maximum absolute atomic E-state index is 12.6. The summed E-state index contributed by atoms with van der Waals surface area (Å²) < 4.78 is 5.92. The van der Waals surface area contributed by atoms with E-state index in [1.165, 1.54) is 51.4 Å². The van der Waals surface area contributed by atoms with E-state index in [9.17, 15) is 4.79 Å².